The van der Waals surface area contributed by atoms with E-state index in [1.165, 1.54) is 12.1 Å². The van der Waals surface area contributed by atoms with Crippen molar-refractivity contribution in [2.24, 2.45) is 0 Å². The van der Waals surface area contributed by atoms with Gasteiger partial charge >= 0.3 is 0 Å². The number of halogens is 1. The molecule has 2 aromatic carbocycles. The molecule has 0 radical (unpaired) electrons. The summed E-state index contributed by atoms with van der Waals surface area (Å²) in [6.07, 6.45) is 6.06. The van der Waals surface area contributed by atoms with Gasteiger partial charge in [0.15, 0.2) is 0 Å². The van der Waals surface area contributed by atoms with Crippen LogP contribution in [0.1, 0.15) is 22.7 Å². The van der Waals surface area contributed by atoms with Gasteiger partial charge in [0.2, 0.25) is 0 Å². The Morgan fingerprint density at radius 3 is 2.61 bits per heavy atom. The predicted molar refractivity (Wildman–Crippen MR) is 127 cm³/mol. The summed E-state index contributed by atoms with van der Waals surface area (Å²) in [5, 5.41) is 22.4. The lowest BCUT2D eigenvalue weighted by molar-refractivity contribution is 0.586. The highest BCUT2D eigenvalue weighted by atomic mass is 19.1. The largest absolute Gasteiger partial charge is 0.343 e. The van der Waals surface area contributed by atoms with Gasteiger partial charge in [-0.3, -0.25) is 5.10 Å². The molecule has 164 valence electrons. The minimum Gasteiger partial charge on any atom is -0.343 e. The van der Waals surface area contributed by atoms with Crippen molar-refractivity contribution < 1.29 is 4.39 Å². The van der Waals surface area contributed by atoms with Crippen LogP contribution in [0.4, 0.5) is 10.2 Å². The molecule has 2 heterocycles. The molecule has 1 atom stereocenters. The zero-order valence-corrected chi connectivity index (χ0v) is 17.9. The normalized spacial score (nSPS) is 11.5. The molecule has 6 nitrogen and oxygen atoms in total. The lowest BCUT2D eigenvalue weighted by atomic mass is 10.0. The third-order valence-electron chi connectivity index (χ3n) is 5.26. The SMILES string of the molecule is C=C(Nc1ccc(-c2cn[nH]c2)cn1)C(NCCc1ccc(C#N)cc1)c1cccc(F)c1. The summed E-state index contributed by atoms with van der Waals surface area (Å²) in [6, 6.07) is 19.6. The molecule has 7 heteroatoms. The lowest BCUT2D eigenvalue weighted by Crippen LogP contribution is -2.28. The number of pyridine rings is 1. The molecule has 0 aliphatic rings. The second-order valence-electron chi connectivity index (χ2n) is 7.57. The average Bonchev–Trinajstić information content (AvgIpc) is 3.38. The van der Waals surface area contributed by atoms with Crippen molar-refractivity contribution in [1.82, 2.24) is 20.5 Å². The number of hydrogen-bond acceptors (Lipinski definition) is 5. The first-order chi connectivity index (χ1) is 16.1. The lowest BCUT2D eigenvalue weighted by Gasteiger charge is -2.23. The molecule has 0 aliphatic heterocycles. The van der Waals surface area contributed by atoms with Gasteiger partial charge < -0.3 is 10.6 Å². The minimum atomic E-state index is -0.325. The van der Waals surface area contributed by atoms with Crippen LogP contribution in [0.3, 0.4) is 0 Å². The van der Waals surface area contributed by atoms with E-state index in [4.69, 9.17) is 5.26 Å². The van der Waals surface area contributed by atoms with Gasteiger partial charge in [0, 0.05) is 35.8 Å². The first-order valence-corrected chi connectivity index (χ1v) is 10.5. The Morgan fingerprint density at radius 1 is 1.09 bits per heavy atom. The van der Waals surface area contributed by atoms with Crippen molar-refractivity contribution in [1.29, 1.82) is 5.26 Å². The van der Waals surface area contributed by atoms with Crippen LogP contribution >= 0.6 is 0 Å². The Hall–Kier alpha value is -4.28. The zero-order chi connectivity index (χ0) is 23.0. The van der Waals surface area contributed by atoms with E-state index in [1.807, 2.05) is 30.3 Å². The molecule has 4 aromatic rings. The Bertz CT molecular complexity index is 1240. The second-order valence-corrected chi connectivity index (χ2v) is 7.57. The molecule has 4 rings (SSSR count). The maximum absolute atomic E-state index is 13.9. The van der Waals surface area contributed by atoms with E-state index >= 15 is 0 Å². The molecule has 0 spiro atoms. The molecule has 2 aromatic heterocycles. The summed E-state index contributed by atoms with van der Waals surface area (Å²) in [6.45, 7) is 4.83. The number of H-pyrrole nitrogens is 1. The summed E-state index contributed by atoms with van der Waals surface area (Å²) >= 11 is 0. The smallest absolute Gasteiger partial charge is 0.130 e. The maximum atomic E-state index is 13.9. The number of anilines is 1. The Kier molecular flexibility index (Phi) is 6.88. The average molecular weight is 439 g/mol. The summed E-state index contributed by atoms with van der Waals surface area (Å²) in [7, 11) is 0. The molecular weight excluding hydrogens is 415 g/mol. The van der Waals surface area contributed by atoms with Gasteiger partial charge in [-0.25, -0.2) is 9.37 Å². The number of aromatic amines is 1. The van der Waals surface area contributed by atoms with Gasteiger partial charge in [0.25, 0.3) is 0 Å². The third kappa shape index (κ3) is 5.70. The highest BCUT2D eigenvalue weighted by molar-refractivity contribution is 5.62. The van der Waals surface area contributed by atoms with Gasteiger partial charge in [-0.1, -0.05) is 30.8 Å². The Labute approximate surface area is 191 Å². The van der Waals surface area contributed by atoms with Crippen LogP contribution in [-0.4, -0.2) is 21.7 Å². The molecule has 33 heavy (non-hydrogen) atoms. The maximum Gasteiger partial charge on any atom is 0.130 e. The molecule has 0 fully saturated rings. The van der Waals surface area contributed by atoms with Crippen LogP contribution in [0.25, 0.3) is 11.1 Å². The minimum absolute atomic E-state index is 0.304. The van der Waals surface area contributed by atoms with Gasteiger partial charge in [-0.05, 0) is 53.9 Å². The van der Waals surface area contributed by atoms with Crippen molar-refractivity contribution in [3.05, 3.63) is 114 Å². The van der Waals surface area contributed by atoms with E-state index in [-0.39, 0.29) is 11.9 Å². The molecule has 0 aliphatic carbocycles. The number of benzene rings is 2. The van der Waals surface area contributed by atoms with Crippen molar-refractivity contribution in [3.8, 4) is 17.2 Å². The van der Waals surface area contributed by atoms with Gasteiger partial charge in [0.1, 0.15) is 11.6 Å². The highest BCUT2D eigenvalue weighted by Gasteiger charge is 2.16. The van der Waals surface area contributed by atoms with E-state index in [2.05, 4.69) is 38.5 Å². The number of rotatable bonds is 9. The van der Waals surface area contributed by atoms with Gasteiger partial charge in [0.05, 0.1) is 23.9 Å². The molecule has 1 unspecified atom stereocenters. The van der Waals surface area contributed by atoms with E-state index in [9.17, 15) is 4.39 Å². The molecule has 3 N–H and O–H groups in total. The van der Waals surface area contributed by atoms with E-state index in [1.54, 1.807) is 36.8 Å². The number of hydrogen-bond donors (Lipinski definition) is 3. The van der Waals surface area contributed by atoms with Gasteiger partial charge in [-0.15, -0.1) is 0 Å². The van der Waals surface area contributed by atoms with Crippen molar-refractivity contribution >= 4 is 5.82 Å². The Morgan fingerprint density at radius 2 is 1.94 bits per heavy atom. The van der Waals surface area contributed by atoms with Crippen molar-refractivity contribution in [2.45, 2.75) is 12.5 Å². The molecule has 0 bridgehead atoms. The van der Waals surface area contributed by atoms with Crippen LogP contribution in [-0.2, 0) is 6.42 Å². The first kappa shape index (κ1) is 21.9. The van der Waals surface area contributed by atoms with Crippen molar-refractivity contribution in [3.63, 3.8) is 0 Å². The van der Waals surface area contributed by atoms with E-state index in [0.717, 1.165) is 28.7 Å². The van der Waals surface area contributed by atoms with Crippen LogP contribution in [0.5, 0.6) is 0 Å². The molecular formula is C26H23FN6. The molecule has 0 amide bonds. The Balaban J connectivity index is 1.45. The number of aromatic nitrogens is 3. The number of nitrogens with zero attached hydrogens (tertiary/aromatic N) is 3. The molecule has 0 saturated carbocycles. The fraction of sp³-hybridized carbons (Fsp3) is 0.115. The molecule has 0 saturated heterocycles. The van der Waals surface area contributed by atoms with Crippen LogP contribution < -0.4 is 10.6 Å². The van der Waals surface area contributed by atoms with E-state index < -0.39 is 0 Å². The fourth-order valence-electron chi connectivity index (χ4n) is 3.52. The zero-order valence-electron chi connectivity index (χ0n) is 17.9. The fourth-order valence-corrected chi connectivity index (χ4v) is 3.52. The number of nitriles is 1. The summed E-state index contributed by atoms with van der Waals surface area (Å²) < 4.78 is 13.9. The predicted octanol–water partition coefficient (Wildman–Crippen LogP) is 4.98. The summed E-state index contributed by atoms with van der Waals surface area (Å²) in [4.78, 5) is 4.47. The van der Waals surface area contributed by atoms with Crippen molar-refractivity contribution in [2.75, 3.05) is 11.9 Å². The van der Waals surface area contributed by atoms with Crippen LogP contribution in [0.15, 0.2) is 91.5 Å². The standard InChI is InChI=1S/C26H23FN6/c1-18(33-25-10-9-22(15-30-25)23-16-31-32-17-23)26(21-3-2-4-24(27)13-21)29-12-11-19-5-7-20(14-28)8-6-19/h2-10,13,15-17,26,29H,1,11-12H2,(H,30,33)(H,31,32). The monoisotopic (exact) mass is 438 g/mol. The highest BCUT2D eigenvalue weighted by Crippen LogP contribution is 2.24. The van der Waals surface area contributed by atoms with Crippen LogP contribution in [0.2, 0.25) is 0 Å². The second kappa shape index (κ2) is 10.4. The first-order valence-electron chi connectivity index (χ1n) is 10.5. The number of nitrogens with one attached hydrogen (secondary N) is 3. The van der Waals surface area contributed by atoms with Gasteiger partial charge in [-0.2, -0.15) is 10.4 Å². The summed E-state index contributed by atoms with van der Waals surface area (Å²) in [5.41, 5.74) is 5.06. The summed E-state index contributed by atoms with van der Waals surface area (Å²) in [5.74, 6) is 0.337. The quantitative estimate of drug-likeness (QED) is 0.343. The topological polar surface area (TPSA) is 89.4 Å². The van der Waals surface area contributed by atoms with Crippen LogP contribution in [0, 0.1) is 17.1 Å². The van der Waals surface area contributed by atoms with E-state index in [0.29, 0.717) is 23.6 Å². The third-order valence-corrected chi connectivity index (χ3v) is 5.26.